The van der Waals surface area contributed by atoms with Crippen LogP contribution in [0.1, 0.15) is 11.3 Å². The Bertz CT molecular complexity index is 1010. The van der Waals surface area contributed by atoms with E-state index in [0.29, 0.717) is 0 Å². The van der Waals surface area contributed by atoms with Crippen molar-refractivity contribution in [3.05, 3.63) is 69.6 Å². The number of aromatic nitrogens is 1. The Hall–Kier alpha value is -2.06. The maximum atomic E-state index is 12.4. The third-order valence-electron chi connectivity index (χ3n) is 5.22. The number of carbonyl (C=O) groups is 1. The molecule has 4 rings (SSSR count). The maximum absolute atomic E-state index is 12.4. The summed E-state index contributed by atoms with van der Waals surface area (Å²) in [6, 6.07) is 16.2. The number of para-hydroxylation sites is 1. The Kier molecular flexibility index (Phi) is 6.94. The maximum Gasteiger partial charge on any atom is 0.230 e. The molecule has 1 N–H and O–H groups in total. The summed E-state index contributed by atoms with van der Waals surface area (Å²) in [4.78, 5) is 22.0. The predicted molar refractivity (Wildman–Crippen MR) is 127 cm³/mol. The number of piperazine rings is 1. The lowest BCUT2D eigenvalue weighted by molar-refractivity contribution is -0.115. The van der Waals surface area contributed by atoms with Crippen LogP contribution in [0, 0.1) is 0 Å². The highest BCUT2D eigenvalue weighted by atomic mass is 79.9. The van der Waals surface area contributed by atoms with Gasteiger partial charge in [0.1, 0.15) is 5.01 Å². The number of nitrogens with zero attached hydrogens (tertiary/aromatic N) is 3. The molecule has 2 heterocycles. The van der Waals surface area contributed by atoms with Gasteiger partial charge in [-0.2, -0.15) is 0 Å². The summed E-state index contributed by atoms with van der Waals surface area (Å²) in [6.45, 7) is 5.42. The monoisotopic (exact) mass is 484 g/mol. The van der Waals surface area contributed by atoms with Gasteiger partial charge in [0, 0.05) is 48.1 Å². The van der Waals surface area contributed by atoms with Crippen LogP contribution < -0.4 is 5.32 Å². The second-order valence-electron chi connectivity index (χ2n) is 7.63. The first-order valence-electron chi connectivity index (χ1n) is 10.1. The van der Waals surface area contributed by atoms with Crippen molar-refractivity contribution in [2.45, 2.75) is 13.0 Å². The molecule has 0 bridgehead atoms. The first-order chi connectivity index (χ1) is 14.6. The van der Waals surface area contributed by atoms with Gasteiger partial charge in [0.05, 0.1) is 17.8 Å². The fourth-order valence-corrected chi connectivity index (χ4v) is 4.71. The molecule has 0 atom stereocenters. The lowest BCUT2D eigenvalue weighted by atomic mass is 10.1. The fraction of sp³-hybridized carbons (Fsp3) is 0.304. The third kappa shape index (κ3) is 5.55. The van der Waals surface area contributed by atoms with Gasteiger partial charge in [-0.25, -0.2) is 4.98 Å². The van der Waals surface area contributed by atoms with Crippen molar-refractivity contribution >= 4 is 38.9 Å². The van der Waals surface area contributed by atoms with Crippen LogP contribution >= 0.6 is 27.3 Å². The number of benzene rings is 2. The van der Waals surface area contributed by atoms with E-state index in [1.54, 1.807) is 11.3 Å². The highest BCUT2D eigenvalue weighted by molar-refractivity contribution is 9.10. The van der Waals surface area contributed by atoms with Crippen molar-refractivity contribution in [2.75, 3.05) is 38.5 Å². The number of hydrogen-bond acceptors (Lipinski definition) is 5. The normalized spacial score (nSPS) is 15.3. The summed E-state index contributed by atoms with van der Waals surface area (Å²) < 4.78 is 0.870. The molecule has 0 saturated carbocycles. The first kappa shape index (κ1) is 21.2. The molecule has 1 aliphatic rings. The average molecular weight is 485 g/mol. The minimum absolute atomic E-state index is 0.0671. The average Bonchev–Trinajstić information content (AvgIpc) is 3.20. The van der Waals surface area contributed by atoms with Gasteiger partial charge in [-0.05, 0) is 46.7 Å². The number of nitrogens with one attached hydrogen (secondary N) is 1. The van der Waals surface area contributed by atoms with Crippen molar-refractivity contribution < 1.29 is 4.79 Å². The number of anilines is 1. The van der Waals surface area contributed by atoms with Gasteiger partial charge in [0.2, 0.25) is 5.91 Å². The van der Waals surface area contributed by atoms with Gasteiger partial charge < -0.3 is 10.2 Å². The zero-order chi connectivity index (χ0) is 20.9. The molecule has 0 aliphatic carbocycles. The number of hydrogen-bond donors (Lipinski definition) is 1. The van der Waals surface area contributed by atoms with E-state index in [1.807, 2.05) is 29.6 Å². The van der Waals surface area contributed by atoms with Crippen molar-refractivity contribution in [3.8, 4) is 10.6 Å². The van der Waals surface area contributed by atoms with E-state index in [0.717, 1.165) is 59.1 Å². The number of rotatable bonds is 6. The molecule has 0 unspecified atom stereocenters. The van der Waals surface area contributed by atoms with Gasteiger partial charge in [-0.15, -0.1) is 11.3 Å². The summed E-state index contributed by atoms with van der Waals surface area (Å²) in [5.74, 6) is -0.0671. The highest BCUT2D eigenvalue weighted by Gasteiger charge is 2.15. The van der Waals surface area contributed by atoms with Crippen molar-refractivity contribution in [1.82, 2.24) is 14.8 Å². The second kappa shape index (κ2) is 9.83. The van der Waals surface area contributed by atoms with E-state index in [4.69, 9.17) is 4.98 Å². The fourth-order valence-electron chi connectivity index (χ4n) is 3.51. The van der Waals surface area contributed by atoms with Crippen LogP contribution in [0.15, 0.2) is 58.4 Å². The summed E-state index contributed by atoms with van der Waals surface area (Å²) >= 11 is 5.04. The van der Waals surface area contributed by atoms with Crippen molar-refractivity contribution in [3.63, 3.8) is 0 Å². The number of halogens is 1. The van der Waals surface area contributed by atoms with Gasteiger partial charge in [0.15, 0.2) is 0 Å². The molecule has 0 spiro atoms. The molecule has 1 fully saturated rings. The summed E-state index contributed by atoms with van der Waals surface area (Å²) in [5, 5.41) is 5.87. The molecule has 1 aromatic heterocycles. The number of carbonyl (C=O) groups excluding carboxylic acids is 1. The largest absolute Gasteiger partial charge is 0.325 e. The van der Waals surface area contributed by atoms with Crippen LogP contribution in [0.4, 0.5) is 5.69 Å². The van der Waals surface area contributed by atoms with Crippen LogP contribution in [-0.2, 0) is 17.8 Å². The van der Waals surface area contributed by atoms with E-state index >= 15 is 0 Å². The standard InChI is InChI=1S/C23H25BrN4OS/c1-27-9-11-28(12-10-27)15-17-5-4-6-18(13-17)23-25-19(16-30-23)14-22(29)26-21-8-3-2-7-20(21)24/h2-8,13,16H,9-12,14-15H2,1H3,(H,26,29). The van der Waals surface area contributed by atoms with Gasteiger partial charge in [-0.3, -0.25) is 9.69 Å². The van der Waals surface area contributed by atoms with Gasteiger partial charge >= 0.3 is 0 Å². The Morgan fingerprint density at radius 2 is 1.93 bits per heavy atom. The third-order valence-corrected chi connectivity index (χ3v) is 6.85. The Labute approximate surface area is 189 Å². The summed E-state index contributed by atoms with van der Waals surface area (Å²) in [7, 11) is 2.18. The SMILES string of the molecule is CN1CCN(Cc2cccc(-c3nc(CC(=O)Nc4ccccc4Br)cs3)c2)CC1. The minimum Gasteiger partial charge on any atom is -0.325 e. The molecule has 2 aromatic carbocycles. The second-order valence-corrected chi connectivity index (χ2v) is 9.34. The van der Waals surface area contributed by atoms with Crippen LogP contribution in [0.3, 0.4) is 0 Å². The minimum atomic E-state index is -0.0671. The molecular weight excluding hydrogens is 460 g/mol. The molecule has 1 saturated heterocycles. The molecule has 5 nitrogen and oxygen atoms in total. The van der Waals surface area contributed by atoms with Crippen LogP contribution in [0.5, 0.6) is 0 Å². The quantitative estimate of drug-likeness (QED) is 0.559. The van der Waals surface area contributed by atoms with E-state index in [2.05, 4.69) is 62.4 Å². The Morgan fingerprint density at radius 3 is 2.73 bits per heavy atom. The number of likely N-dealkylation sites (N-methyl/N-ethyl adjacent to an activating group) is 1. The number of thiazole rings is 1. The lowest BCUT2D eigenvalue weighted by Crippen LogP contribution is -2.43. The van der Waals surface area contributed by atoms with E-state index in [9.17, 15) is 4.79 Å². The molecule has 7 heteroatoms. The molecule has 0 radical (unpaired) electrons. The Morgan fingerprint density at radius 1 is 1.13 bits per heavy atom. The molecule has 3 aromatic rings. The molecule has 1 aliphatic heterocycles. The van der Waals surface area contributed by atoms with Gasteiger partial charge in [0.25, 0.3) is 0 Å². The van der Waals surface area contributed by atoms with Crippen LogP contribution in [0.2, 0.25) is 0 Å². The zero-order valence-corrected chi connectivity index (χ0v) is 19.4. The topological polar surface area (TPSA) is 48.5 Å². The lowest BCUT2D eigenvalue weighted by Gasteiger charge is -2.32. The van der Waals surface area contributed by atoms with E-state index < -0.39 is 0 Å². The van der Waals surface area contributed by atoms with Crippen LogP contribution in [-0.4, -0.2) is 53.9 Å². The predicted octanol–water partition coefficient (Wildman–Crippen LogP) is 4.50. The molecular formula is C23H25BrN4OS. The number of amides is 1. The first-order valence-corrected chi connectivity index (χ1v) is 11.7. The zero-order valence-electron chi connectivity index (χ0n) is 17.0. The molecule has 156 valence electrons. The smallest absolute Gasteiger partial charge is 0.230 e. The van der Waals surface area contributed by atoms with Crippen molar-refractivity contribution in [2.24, 2.45) is 0 Å². The van der Waals surface area contributed by atoms with E-state index in [1.165, 1.54) is 5.56 Å². The molecule has 1 amide bonds. The van der Waals surface area contributed by atoms with E-state index in [-0.39, 0.29) is 12.3 Å². The highest BCUT2D eigenvalue weighted by Crippen LogP contribution is 2.26. The van der Waals surface area contributed by atoms with Crippen LogP contribution in [0.25, 0.3) is 10.6 Å². The molecule has 30 heavy (non-hydrogen) atoms. The Balaban J connectivity index is 1.39. The van der Waals surface area contributed by atoms with Crippen molar-refractivity contribution in [1.29, 1.82) is 0 Å². The summed E-state index contributed by atoms with van der Waals surface area (Å²) in [5.41, 5.74) is 3.99. The van der Waals surface area contributed by atoms with Gasteiger partial charge in [-0.1, -0.05) is 30.3 Å². The summed E-state index contributed by atoms with van der Waals surface area (Å²) in [6.07, 6.45) is 0.263.